The molecule has 0 fully saturated rings. The number of fused-ring (bicyclic) bond motifs is 3. The van der Waals surface area contributed by atoms with Gasteiger partial charge in [-0.2, -0.15) is 10.1 Å². The van der Waals surface area contributed by atoms with Crippen molar-refractivity contribution in [2.75, 3.05) is 0 Å². The van der Waals surface area contributed by atoms with Gasteiger partial charge in [0.25, 0.3) is 5.95 Å². The third-order valence-electron chi connectivity index (χ3n) is 4.20. The molecule has 4 aromatic rings. The Hall–Kier alpha value is -3.35. The fraction of sp³-hybridized carbons (Fsp3) is 0.211. The van der Waals surface area contributed by atoms with E-state index in [0.717, 1.165) is 35.0 Å². The van der Waals surface area contributed by atoms with E-state index in [1.807, 2.05) is 24.3 Å². The standard InChI is InChI=1S/C19H18N6O/c1-2-11-25-15-9-5-4-8-14(15)17-18(25)21-19(24-22-17)23-20-12-13-7-3-6-10-16(13)26/h3-10,26H,2,11-12H2,1H3. The van der Waals surface area contributed by atoms with E-state index in [2.05, 4.69) is 43.0 Å². The molecule has 0 saturated heterocycles. The minimum absolute atomic E-state index is 0.198. The molecule has 2 aromatic heterocycles. The maximum Gasteiger partial charge on any atom is 0.289 e. The summed E-state index contributed by atoms with van der Waals surface area (Å²) in [6, 6.07) is 15.1. The highest BCUT2D eigenvalue weighted by molar-refractivity contribution is 6.04. The lowest BCUT2D eigenvalue weighted by atomic mass is 10.2. The molecule has 2 aromatic carbocycles. The normalized spacial score (nSPS) is 11.7. The first kappa shape index (κ1) is 16.1. The number of nitrogens with zero attached hydrogens (tertiary/aromatic N) is 6. The van der Waals surface area contributed by atoms with Crippen LogP contribution in [0.5, 0.6) is 5.75 Å². The van der Waals surface area contributed by atoms with Crippen molar-refractivity contribution < 1.29 is 5.11 Å². The monoisotopic (exact) mass is 346 g/mol. The van der Waals surface area contributed by atoms with E-state index >= 15 is 0 Å². The van der Waals surface area contributed by atoms with Gasteiger partial charge in [0.05, 0.1) is 12.1 Å². The Balaban J connectivity index is 1.71. The average molecular weight is 346 g/mol. The van der Waals surface area contributed by atoms with E-state index < -0.39 is 0 Å². The van der Waals surface area contributed by atoms with Gasteiger partial charge in [0.1, 0.15) is 11.3 Å². The van der Waals surface area contributed by atoms with Crippen LogP contribution in [0.25, 0.3) is 22.1 Å². The number of hydrogen-bond donors (Lipinski definition) is 1. The van der Waals surface area contributed by atoms with Gasteiger partial charge in [-0.1, -0.05) is 43.3 Å². The molecule has 0 aliphatic rings. The third-order valence-corrected chi connectivity index (χ3v) is 4.20. The number of azo groups is 1. The molecule has 0 unspecified atom stereocenters. The van der Waals surface area contributed by atoms with E-state index in [1.54, 1.807) is 18.2 Å². The molecular formula is C19H18N6O. The van der Waals surface area contributed by atoms with Gasteiger partial charge >= 0.3 is 0 Å². The van der Waals surface area contributed by atoms with E-state index in [0.29, 0.717) is 5.56 Å². The molecule has 7 heteroatoms. The summed E-state index contributed by atoms with van der Waals surface area (Å²) >= 11 is 0. The van der Waals surface area contributed by atoms with Crippen LogP contribution < -0.4 is 0 Å². The summed E-state index contributed by atoms with van der Waals surface area (Å²) in [5.41, 5.74) is 3.33. The van der Waals surface area contributed by atoms with Crippen LogP contribution in [0.3, 0.4) is 0 Å². The van der Waals surface area contributed by atoms with E-state index in [4.69, 9.17) is 0 Å². The number of phenols is 1. The van der Waals surface area contributed by atoms with Crippen LogP contribution in [0, 0.1) is 0 Å². The lowest BCUT2D eigenvalue weighted by molar-refractivity contribution is 0.468. The topological polar surface area (TPSA) is 88.5 Å². The Labute approximate surface area is 150 Å². The molecule has 0 amide bonds. The highest BCUT2D eigenvalue weighted by Crippen LogP contribution is 2.27. The summed E-state index contributed by atoms with van der Waals surface area (Å²) in [4.78, 5) is 4.55. The van der Waals surface area contributed by atoms with Crippen molar-refractivity contribution in [1.29, 1.82) is 0 Å². The maximum atomic E-state index is 9.78. The summed E-state index contributed by atoms with van der Waals surface area (Å²) in [5, 5.41) is 27.4. The number of aromatic nitrogens is 4. The summed E-state index contributed by atoms with van der Waals surface area (Å²) in [7, 11) is 0. The number of para-hydroxylation sites is 2. The molecule has 26 heavy (non-hydrogen) atoms. The van der Waals surface area contributed by atoms with Crippen LogP contribution in [0.4, 0.5) is 5.95 Å². The van der Waals surface area contributed by atoms with Crippen LogP contribution in [-0.4, -0.2) is 24.9 Å². The Morgan fingerprint density at radius 2 is 1.85 bits per heavy atom. The predicted molar refractivity (Wildman–Crippen MR) is 99.4 cm³/mol. The van der Waals surface area contributed by atoms with Gasteiger partial charge in [-0.3, -0.25) is 0 Å². The molecule has 0 spiro atoms. The van der Waals surface area contributed by atoms with Crippen molar-refractivity contribution in [3.63, 3.8) is 0 Å². The van der Waals surface area contributed by atoms with Gasteiger partial charge in [0, 0.05) is 17.5 Å². The zero-order chi connectivity index (χ0) is 17.9. The quantitative estimate of drug-likeness (QED) is 0.543. The van der Waals surface area contributed by atoms with Crippen molar-refractivity contribution in [2.24, 2.45) is 10.2 Å². The molecule has 0 aliphatic heterocycles. The Morgan fingerprint density at radius 1 is 1.04 bits per heavy atom. The van der Waals surface area contributed by atoms with Gasteiger partial charge in [-0.05, 0) is 18.6 Å². The summed E-state index contributed by atoms with van der Waals surface area (Å²) in [6.45, 7) is 3.23. The molecule has 2 heterocycles. The lowest BCUT2D eigenvalue weighted by Gasteiger charge is -2.03. The zero-order valence-electron chi connectivity index (χ0n) is 14.4. The van der Waals surface area contributed by atoms with Gasteiger partial charge in [0.2, 0.25) is 0 Å². The first-order valence-electron chi connectivity index (χ1n) is 8.54. The van der Waals surface area contributed by atoms with Crippen LogP contribution >= 0.6 is 0 Å². The van der Waals surface area contributed by atoms with Crippen LogP contribution in [0.2, 0.25) is 0 Å². The van der Waals surface area contributed by atoms with Crippen LogP contribution in [0.15, 0.2) is 58.8 Å². The predicted octanol–water partition coefficient (Wildman–Crippen LogP) is 4.38. The summed E-state index contributed by atoms with van der Waals surface area (Å²) in [5.74, 6) is 0.414. The number of hydrogen-bond acceptors (Lipinski definition) is 6. The van der Waals surface area contributed by atoms with E-state index in [9.17, 15) is 5.11 Å². The molecular weight excluding hydrogens is 328 g/mol. The Bertz CT molecular complexity index is 1100. The Kier molecular flexibility index (Phi) is 4.27. The van der Waals surface area contributed by atoms with Crippen molar-refractivity contribution in [3.05, 3.63) is 54.1 Å². The average Bonchev–Trinajstić information content (AvgIpc) is 2.97. The summed E-state index contributed by atoms with van der Waals surface area (Å²) < 4.78 is 2.14. The Morgan fingerprint density at radius 3 is 2.69 bits per heavy atom. The molecule has 0 saturated carbocycles. The first-order chi connectivity index (χ1) is 12.8. The minimum Gasteiger partial charge on any atom is -0.508 e. The molecule has 7 nitrogen and oxygen atoms in total. The van der Waals surface area contributed by atoms with E-state index in [-0.39, 0.29) is 18.2 Å². The van der Waals surface area contributed by atoms with Gasteiger partial charge < -0.3 is 9.67 Å². The van der Waals surface area contributed by atoms with Gasteiger partial charge in [-0.15, -0.1) is 15.3 Å². The van der Waals surface area contributed by atoms with Gasteiger partial charge in [-0.25, -0.2) is 0 Å². The van der Waals surface area contributed by atoms with Crippen LogP contribution in [0.1, 0.15) is 18.9 Å². The molecule has 0 atom stereocenters. The smallest absolute Gasteiger partial charge is 0.289 e. The largest absolute Gasteiger partial charge is 0.508 e. The highest BCUT2D eigenvalue weighted by Gasteiger charge is 2.13. The fourth-order valence-corrected chi connectivity index (χ4v) is 3.01. The molecule has 130 valence electrons. The highest BCUT2D eigenvalue weighted by atomic mass is 16.3. The molecule has 0 radical (unpaired) electrons. The molecule has 1 N–H and O–H groups in total. The van der Waals surface area contributed by atoms with E-state index in [1.165, 1.54) is 0 Å². The third kappa shape index (κ3) is 2.88. The molecule has 4 rings (SSSR count). The van der Waals surface area contributed by atoms with Gasteiger partial charge in [0.15, 0.2) is 5.65 Å². The van der Waals surface area contributed by atoms with Crippen molar-refractivity contribution >= 4 is 28.0 Å². The van der Waals surface area contributed by atoms with Crippen LogP contribution in [-0.2, 0) is 13.1 Å². The maximum absolute atomic E-state index is 9.78. The SMILES string of the molecule is CCCn1c2ccccc2c2nnc(N=NCc3ccccc3O)nc21. The molecule has 0 bridgehead atoms. The number of benzene rings is 2. The van der Waals surface area contributed by atoms with Crippen molar-refractivity contribution in [1.82, 2.24) is 19.7 Å². The number of aryl methyl sites for hydroxylation is 1. The number of aromatic hydroxyl groups is 1. The second-order valence-corrected chi connectivity index (χ2v) is 5.98. The minimum atomic E-state index is 0.198. The number of rotatable bonds is 5. The lowest BCUT2D eigenvalue weighted by Crippen LogP contribution is -1.98. The second kappa shape index (κ2) is 6.87. The van der Waals surface area contributed by atoms with Crippen molar-refractivity contribution in [3.8, 4) is 5.75 Å². The molecule has 0 aliphatic carbocycles. The zero-order valence-corrected chi connectivity index (χ0v) is 14.4. The summed E-state index contributed by atoms with van der Waals surface area (Å²) in [6.07, 6.45) is 0.988. The first-order valence-corrected chi connectivity index (χ1v) is 8.54. The second-order valence-electron chi connectivity index (χ2n) is 5.98. The van der Waals surface area contributed by atoms with Crippen molar-refractivity contribution in [2.45, 2.75) is 26.4 Å². The fourth-order valence-electron chi connectivity index (χ4n) is 3.01. The number of phenolic OH excluding ortho intramolecular Hbond substituents is 1.